The van der Waals surface area contributed by atoms with Crippen LogP contribution in [0.1, 0.15) is 23.0 Å². The normalized spacial score (nSPS) is 18.7. The van der Waals surface area contributed by atoms with Crippen LogP contribution in [0.5, 0.6) is 0 Å². The third-order valence-corrected chi connectivity index (χ3v) is 3.29. The molecule has 98 valence electrons. The van der Waals surface area contributed by atoms with E-state index in [1.807, 2.05) is 34.9 Å². The van der Waals surface area contributed by atoms with Crippen LogP contribution in [-0.4, -0.2) is 24.3 Å². The second-order valence-electron chi connectivity index (χ2n) is 4.44. The molecule has 0 N–H and O–H groups in total. The number of ether oxygens (including phenoxy) is 2. The van der Waals surface area contributed by atoms with Gasteiger partial charge in [-0.1, -0.05) is 24.3 Å². The van der Waals surface area contributed by atoms with E-state index in [1.165, 1.54) is 7.11 Å². The summed E-state index contributed by atoms with van der Waals surface area (Å²) in [7, 11) is 1.39. The quantitative estimate of drug-likeness (QED) is 0.613. The minimum absolute atomic E-state index is 0.156. The molecule has 1 aromatic heterocycles. The second kappa shape index (κ2) is 4.90. The summed E-state index contributed by atoms with van der Waals surface area (Å²) in [5, 5.41) is 0.886. The Balaban J connectivity index is 2.16. The number of aromatic nitrogens is 1. The van der Waals surface area contributed by atoms with E-state index in [0.717, 1.165) is 17.3 Å². The summed E-state index contributed by atoms with van der Waals surface area (Å²) in [6.07, 6.45) is 6.69. The Bertz CT molecular complexity index is 642. The monoisotopic (exact) mass is 257 g/mol. The molecular weight excluding hydrogens is 242 g/mol. The summed E-state index contributed by atoms with van der Waals surface area (Å²) in [5.41, 5.74) is 1.54. The maximum Gasteiger partial charge on any atom is 0.340 e. The van der Waals surface area contributed by atoms with Crippen LogP contribution in [0.15, 0.2) is 42.6 Å². The Morgan fingerprint density at radius 1 is 1.42 bits per heavy atom. The zero-order chi connectivity index (χ0) is 13.2. The maximum atomic E-state index is 11.8. The van der Waals surface area contributed by atoms with Crippen LogP contribution in [0.3, 0.4) is 0 Å². The number of carbonyl (C=O) groups is 1. The molecule has 0 bridgehead atoms. The molecule has 0 radical (unpaired) electrons. The number of fused-ring (bicyclic) bond motifs is 1. The Labute approximate surface area is 111 Å². The summed E-state index contributed by atoms with van der Waals surface area (Å²) >= 11 is 0. The molecule has 1 aromatic carbocycles. The highest BCUT2D eigenvalue weighted by Gasteiger charge is 2.19. The number of para-hydroxylation sites is 1. The van der Waals surface area contributed by atoms with Crippen LogP contribution < -0.4 is 0 Å². The van der Waals surface area contributed by atoms with E-state index in [4.69, 9.17) is 9.47 Å². The van der Waals surface area contributed by atoms with Crippen molar-refractivity contribution in [2.45, 2.75) is 12.6 Å². The number of methoxy groups -OCH3 is 1. The number of hydrogen-bond donors (Lipinski definition) is 0. The molecule has 1 aliphatic heterocycles. The molecule has 0 amide bonds. The van der Waals surface area contributed by atoms with Crippen molar-refractivity contribution in [3.8, 4) is 0 Å². The van der Waals surface area contributed by atoms with Gasteiger partial charge in [0.05, 0.1) is 24.8 Å². The van der Waals surface area contributed by atoms with Gasteiger partial charge in [-0.25, -0.2) is 4.79 Å². The van der Waals surface area contributed by atoms with Gasteiger partial charge in [0.25, 0.3) is 0 Å². The fraction of sp³-hybridized carbons (Fsp3) is 0.267. The minimum atomic E-state index is -0.324. The van der Waals surface area contributed by atoms with Crippen LogP contribution in [0.4, 0.5) is 0 Å². The van der Waals surface area contributed by atoms with Crippen LogP contribution in [0, 0.1) is 0 Å². The molecule has 4 nitrogen and oxygen atoms in total. The predicted octanol–water partition coefficient (Wildman–Crippen LogP) is 2.90. The van der Waals surface area contributed by atoms with E-state index in [0.29, 0.717) is 12.2 Å². The minimum Gasteiger partial charge on any atom is -0.465 e. The van der Waals surface area contributed by atoms with Crippen molar-refractivity contribution < 1.29 is 14.3 Å². The number of hydrogen-bond acceptors (Lipinski definition) is 3. The van der Waals surface area contributed by atoms with E-state index in [1.54, 1.807) is 6.20 Å². The van der Waals surface area contributed by atoms with Gasteiger partial charge < -0.3 is 14.0 Å². The Morgan fingerprint density at radius 3 is 3.00 bits per heavy atom. The van der Waals surface area contributed by atoms with Gasteiger partial charge in [-0.3, -0.25) is 0 Å². The molecule has 4 heteroatoms. The first-order valence-electron chi connectivity index (χ1n) is 6.27. The van der Waals surface area contributed by atoms with Crippen LogP contribution in [0.2, 0.25) is 0 Å². The summed E-state index contributed by atoms with van der Waals surface area (Å²) < 4.78 is 12.5. The SMILES string of the molecule is COC(=O)c1cn([C@@H]2C=CCCO2)c2ccccc12. The summed E-state index contributed by atoms with van der Waals surface area (Å²) in [5.74, 6) is -0.324. The standard InChI is InChI=1S/C15H15NO3/c1-18-15(17)12-10-16(14-8-4-5-9-19-14)13-7-3-2-6-11(12)13/h2-4,6-8,10,14H,5,9H2,1H3/t14-/m0/s1. The van der Waals surface area contributed by atoms with Gasteiger partial charge in [-0.2, -0.15) is 0 Å². The zero-order valence-corrected chi connectivity index (χ0v) is 10.7. The molecule has 0 spiro atoms. The Morgan fingerprint density at radius 2 is 2.26 bits per heavy atom. The number of nitrogens with zero attached hydrogens (tertiary/aromatic N) is 1. The van der Waals surface area contributed by atoms with Crippen LogP contribution >= 0.6 is 0 Å². The van der Waals surface area contributed by atoms with Gasteiger partial charge in [0.2, 0.25) is 0 Å². The average molecular weight is 257 g/mol. The molecule has 2 heterocycles. The van der Waals surface area contributed by atoms with E-state index in [-0.39, 0.29) is 12.2 Å². The van der Waals surface area contributed by atoms with Crippen molar-refractivity contribution in [3.05, 3.63) is 48.2 Å². The molecular formula is C15H15NO3. The zero-order valence-electron chi connectivity index (χ0n) is 10.7. The van der Waals surface area contributed by atoms with Gasteiger partial charge in [-0.15, -0.1) is 0 Å². The molecule has 0 unspecified atom stereocenters. The van der Waals surface area contributed by atoms with Gasteiger partial charge in [-0.05, 0) is 18.6 Å². The first kappa shape index (κ1) is 12.0. The molecule has 0 saturated carbocycles. The van der Waals surface area contributed by atoms with E-state index in [2.05, 4.69) is 6.08 Å². The number of rotatable bonds is 2. The molecule has 0 saturated heterocycles. The number of benzene rings is 1. The van der Waals surface area contributed by atoms with E-state index >= 15 is 0 Å². The van der Waals surface area contributed by atoms with E-state index in [9.17, 15) is 4.79 Å². The predicted molar refractivity (Wildman–Crippen MR) is 72.0 cm³/mol. The first-order valence-corrected chi connectivity index (χ1v) is 6.27. The molecule has 19 heavy (non-hydrogen) atoms. The summed E-state index contributed by atoms with van der Waals surface area (Å²) in [6, 6.07) is 7.77. The van der Waals surface area contributed by atoms with Crippen molar-refractivity contribution in [1.29, 1.82) is 0 Å². The average Bonchev–Trinajstić information content (AvgIpc) is 2.87. The van der Waals surface area contributed by atoms with Gasteiger partial charge in [0.15, 0.2) is 6.23 Å². The Hall–Kier alpha value is -2.07. The highest BCUT2D eigenvalue weighted by atomic mass is 16.5. The summed E-state index contributed by atoms with van der Waals surface area (Å²) in [4.78, 5) is 11.8. The van der Waals surface area contributed by atoms with Crippen molar-refractivity contribution in [2.75, 3.05) is 13.7 Å². The largest absolute Gasteiger partial charge is 0.465 e. The van der Waals surface area contributed by atoms with Crippen molar-refractivity contribution in [1.82, 2.24) is 4.57 Å². The Kier molecular flexibility index (Phi) is 3.09. The van der Waals surface area contributed by atoms with Crippen molar-refractivity contribution >= 4 is 16.9 Å². The smallest absolute Gasteiger partial charge is 0.340 e. The number of esters is 1. The lowest BCUT2D eigenvalue weighted by Crippen LogP contribution is -2.13. The van der Waals surface area contributed by atoms with Crippen LogP contribution in [-0.2, 0) is 9.47 Å². The molecule has 0 aliphatic carbocycles. The third-order valence-electron chi connectivity index (χ3n) is 3.29. The topological polar surface area (TPSA) is 40.5 Å². The fourth-order valence-corrected chi connectivity index (χ4v) is 2.39. The lowest BCUT2D eigenvalue weighted by atomic mass is 10.2. The van der Waals surface area contributed by atoms with Gasteiger partial charge in [0, 0.05) is 11.6 Å². The van der Waals surface area contributed by atoms with Gasteiger partial charge >= 0.3 is 5.97 Å². The maximum absolute atomic E-state index is 11.8. The molecule has 1 aliphatic rings. The lowest BCUT2D eigenvalue weighted by molar-refractivity contribution is 0.0349. The first-order chi connectivity index (χ1) is 9.31. The third kappa shape index (κ3) is 2.04. The molecule has 1 atom stereocenters. The highest BCUT2D eigenvalue weighted by molar-refractivity contribution is 6.04. The fourth-order valence-electron chi connectivity index (χ4n) is 2.39. The number of carbonyl (C=O) groups excluding carboxylic acids is 1. The summed E-state index contributed by atoms with van der Waals surface area (Å²) in [6.45, 7) is 0.696. The van der Waals surface area contributed by atoms with Crippen molar-refractivity contribution in [3.63, 3.8) is 0 Å². The van der Waals surface area contributed by atoms with Crippen LogP contribution in [0.25, 0.3) is 10.9 Å². The molecule has 0 fully saturated rings. The molecule has 2 aromatic rings. The highest BCUT2D eigenvalue weighted by Crippen LogP contribution is 2.27. The second-order valence-corrected chi connectivity index (χ2v) is 4.44. The van der Waals surface area contributed by atoms with Crippen molar-refractivity contribution in [2.24, 2.45) is 0 Å². The lowest BCUT2D eigenvalue weighted by Gasteiger charge is -2.20. The van der Waals surface area contributed by atoms with E-state index < -0.39 is 0 Å². The molecule has 3 rings (SSSR count). The van der Waals surface area contributed by atoms with Gasteiger partial charge in [0.1, 0.15) is 0 Å².